The monoisotopic (exact) mass is 314 g/mol. The number of ketones is 1. The molecule has 0 bridgehead atoms. The van der Waals surface area contributed by atoms with Crippen molar-refractivity contribution in [3.05, 3.63) is 29.7 Å². The van der Waals surface area contributed by atoms with Crippen molar-refractivity contribution in [1.29, 1.82) is 0 Å². The van der Waals surface area contributed by atoms with Crippen molar-refractivity contribution in [2.75, 3.05) is 12.1 Å². The van der Waals surface area contributed by atoms with Gasteiger partial charge in [0.05, 0.1) is 11.9 Å². The van der Waals surface area contributed by atoms with Crippen molar-refractivity contribution in [2.24, 2.45) is 0 Å². The molecule has 0 saturated heterocycles. The summed E-state index contributed by atoms with van der Waals surface area (Å²) in [5.41, 5.74) is 1.19. The first-order chi connectivity index (χ1) is 11.2. The molecule has 0 aromatic carbocycles. The Bertz CT molecular complexity index is 799. The molecule has 118 valence electrons. The fourth-order valence-corrected chi connectivity index (χ4v) is 2.65. The molecule has 2 aliphatic heterocycles. The van der Waals surface area contributed by atoms with Crippen LogP contribution in [-0.2, 0) is 6.54 Å². The lowest BCUT2D eigenvalue weighted by atomic mass is 10.1. The van der Waals surface area contributed by atoms with Gasteiger partial charge in [-0.3, -0.25) is 14.3 Å². The second-order valence-corrected chi connectivity index (χ2v) is 5.41. The van der Waals surface area contributed by atoms with E-state index in [0.717, 1.165) is 12.8 Å². The van der Waals surface area contributed by atoms with Gasteiger partial charge in [-0.25, -0.2) is 4.98 Å². The van der Waals surface area contributed by atoms with Gasteiger partial charge in [0.2, 0.25) is 6.79 Å². The van der Waals surface area contributed by atoms with Gasteiger partial charge in [-0.1, -0.05) is 0 Å². The molecule has 0 aliphatic carbocycles. The molecule has 0 fully saturated rings. The van der Waals surface area contributed by atoms with Crippen molar-refractivity contribution < 1.29 is 19.1 Å². The molecule has 1 amide bonds. The lowest BCUT2D eigenvalue weighted by molar-refractivity contribution is 0.0975. The molecular weight excluding hydrogens is 300 g/mol. The lowest BCUT2D eigenvalue weighted by Gasteiger charge is -2.03. The maximum Gasteiger partial charge on any atom is 0.276 e. The van der Waals surface area contributed by atoms with Crippen LogP contribution in [0, 0.1) is 0 Å². The van der Waals surface area contributed by atoms with Crippen LogP contribution in [0.1, 0.15) is 40.2 Å². The summed E-state index contributed by atoms with van der Waals surface area (Å²) in [6, 6.07) is 3.18. The second kappa shape index (κ2) is 5.38. The molecule has 2 aliphatic rings. The van der Waals surface area contributed by atoms with Crippen LogP contribution in [0.15, 0.2) is 18.3 Å². The number of rotatable bonds is 2. The van der Waals surface area contributed by atoms with E-state index in [1.807, 2.05) is 0 Å². The van der Waals surface area contributed by atoms with E-state index in [-0.39, 0.29) is 24.2 Å². The molecule has 2 aromatic rings. The molecule has 0 unspecified atom stereocenters. The number of Topliss-reactive ketones (excluding diaryl/α,β-unsaturated/α-hetero) is 1. The number of ether oxygens (including phenoxy) is 2. The molecule has 0 saturated carbocycles. The molecular formula is C15H14N4O4. The SMILES string of the molecule is O=C(Nc1cnc2c(c1)OCO2)c1cc2n(n1)CCCCC2=O. The number of pyridine rings is 1. The van der Waals surface area contributed by atoms with Gasteiger partial charge in [0.15, 0.2) is 17.2 Å². The van der Waals surface area contributed by atoms with E-state index in [1.54, 1.807) is 16.8 Å². The van der Waals surface area contributed by atoms with E-state index in [4.69, 9.17) is 9.47 Å². The third kappa shape index (κ3) is 2.52. The van der Waals surface area contributed by atoms with Gasteiger partial charge in [0.25, 0.3) is 11.8 Å². The Kier molecular flexibility index (Phi) is 3.22. The number of hydrogen-bond donors (Lipinski definition) is 1. The Morgan fingerprint density at radius 1 is 1.26 bits per heavy atom. The van der Waals surface area contributed by atoms with Crippen molar-refractivity contribution in [1.82, 2.24) is 14.8 Å². The van der Waals surface area contributed by atoms with Gasteiger partial charge < -0.3 is 14.8 Å². The van der Waals surface area contributed by atoms with Crippen LogP contribution in [0.5, 0.6) is 11.6 Å². The summed E-state index contributed by atoms with van der Waals surface area (Å²) in [5, 5.41) is 6.94. The number of amides is 1. The Balaban J connectivity index is 1.55. The maximum atomic E-state index is 12.3. The number of carbonyl (C=O) groups excluding carboxylic acids is 2. The van der Waals surface area contributed by atoms with Crippen molar-refractivity contribution >= 4 is 17.4 Å². The smallest absolute Gasteiger partial charge is 0.276 e. The van der Waals surface area contributed by atoms with Gasteiger partial charge in [0, 0.05) is 25.1 Å². The number of nitrogens with zero attached hydrogens (tertiary/aromatic N) is 3. The number of aromatic nitrogens is 3. The van der Waals surface area contributed by atoms with Gasteiger partial charge in [-0.15, -0.1) is 0 Å². The zero-order valence-electron chi connectivity index (χ0n) is 12.2. The summed E-state index contributed by atoms with van der Waals surface area (Å²) < 4.78 is 12.0. The predicted octanol–water partition coefficient (Wildman–Crippen LogP) is 1.63. The highest BCUT2D eigenvalue weighted by Gasteiger charge is 2.22. The minimum Gasteiger partial charge on any atom is -0.452 e. The number of carbonyl (C=O) groups is 2. The van der Waals surface area contributed by atoms with E-state index in [1.165, 1.54) is 6.20 Å². The molecule has 0 spiro atoms. The molecule has 8 heteroatoms. The first kappa shape index (κ1) is 13.7. The Labute approximate surface area is 131 Å². The van der Waals surface area contributed by atoms with Crippen LogP contribution < -0.4 is 14.8 Å². The standard InChI is InChI=1S/C15H14N4O4/c20-12-3-1-2-4-19-11(12)6-10(18-19)14(21)17-9-5-13-15(16-7-9)23-8-22-13/h5-7H,1-4,8H2,(H,17,21). The van der Waals surface area contributed by atoms with Crippen molar-refractivity contribution in [3.63, 3.8) is 0 Å². The predicted molar refractivity (Wildman–Crippen MR) is 78.7 cm³/mol. The average molecular weight is 314 g/mol. The molecule has 4 heterocycles. The number of nitrogens with one attached hydrogen (secondary N) is 1. The van der Waals surface area contributed by atoms with E-state index in [2.05, 4.69) is 15.4 Å². The molecule has 0 atom stereocenters. The fourth-order valence-electron chi connectivity index (χ4n) is 2.65. The van der Waals surface area contributed by atoms with Crippen LogP contribution in [0.25, 0.3) is 0 Å². The molecule has 8 nitrogen and oxygen atoms in total. The van der Waals surface area contributed by atoms with Crippen LogP contribution in [-0.4, -0.2) is 33.2 Å². The number of anilines is 1. The molecule has 4 rings (SSSR count). The molecule has 2 aromatic heterocycles. The zero-order chi connectivity index (χ0) is 15.8. The van der Waals surface area contributed by atoms with Crippen molar-refractivity contribution in [3.8, 4) is 11.6 Å². The summed E-state index contributed by atoms with van der Waals surface area (Å²) >= 11 is 0. The van der Waals surface area contributed by atoms with Crippen LogP contribution >= 0.6 is 0 Å². The van der Waals surface area contributed by atoms with Gasteiger partial charge >= 0.3 is 0 Å². The molecule has 23 heavy (non-hydrogen) atoms. The van der Waals surface area contributed by atoms with Crippen molar-refractivity contribution in [2.45, 2.75) is 25.8 Å². The summed E-state index contributed by atoms with van der Waals surface area (Å²) in [7, 11) is 0. The highest BCUT2D eigenvalue weighted by molar-refractivity contribution is 6.05. The van der Waals surface area contributed by atoms with E-state index in [0.29, 0.717) is 36.0 Å². The topological polar surface area (TPSA) is 95.3 Å². The zero-order valence-corrected chi connectivity index (χ0v) is 12.2. The van der Waals surface area contributed by atoms with Gasteiger partial charge in [0.1, 0.15) is 5.69 Å². The number of fused-ring (bicyclic) bond motifs is 2. The highest BCUT2D eigenvalue weighted by Crippen LogP contribution is 2.31. The minimum atomic E-state index is -0.390. The highest BCUT2D eigenvalue weighted by atomic mass is 16.7. The Morgan fingerprint density at radius 3 is 3.09 bits per heavy atom. The molecule has 0 radical (unpaired) electrons. The number of hydrogen-bond acceptors (Lipinski definition) is 6. The average Bonchev–Trinajstić information content (AvgIpc) is 3.14. The Hall–Kier alpha value is -2.90. The van der Waals surface area contributed by atoms with E-state index >= 15 is 0 Å². The van der Waals surface area contributed by atoms with E-state index < -0.39 is 0 Å². The van der Waals surface area contributed by atoms with Crippen LogP contribution in [0.2, 0.25) is 0 Å². The second-order valence-electron chi connectivity index (χ2n) is 5.41. The summed E-state index contributed by atoms with van der Waals surface area (Å²) in [6.45, 7) is 0.773. The first-order valence-corrected chi connectivity index (χ1v) is 7.39. The quantitative estimate of drug-likeness (QED) is 0.905. The normalized spacial score (nSPS) is 15.9. The lowest BCUT2D eigenvalue weighted by Crippen LogP contribution is -2.13. The fraction of sp³-hybridized carbons (Fsp3) is 0.333. The molecule has 1 N–H and O–H groups in total. The van der Waals surface area contributed by atoms with E-state index in [9.17, 15) is 9.59 Å². The summed E-state index contributed by atoms with van der Waals surface area (Å²) in [6.07, 6.45) is 3.72. The minimum absolute atomic E-state index is 0.0267. The number of aryl methyl sites for hydroxylation is 1. The largest absolute Gasteiger partial charge is 0.452 e. The maximum absolute atomic E-state index is 12.3. The summed E-state index contributed by atoms with van der Waals surface area (Å²) in [5.74, 6) is 0.527. The van der Waals surface area contributed by atoms with Crippen LogP contribution in [0.4, 0.5) is 5.69 Å². The van der Waals surface area contributed by atoms with Gasteiger partial charge in [-0.05, 0) is 12.8 Å². The third-order valence-electron chi connectivity index (χ3n) is 3.81. The Morgan fingerprint density at radius 2 is 2.17 bits per heavy atom. The summed E-state index contributed by atoms with van der Waals surface area (Å²) in [4.78, 5) is 28.4. The third-order valence-corrected chi connectivity index (χ3v) is 3.81. The first-order valence-electron chi connectivity index (χ1n) is 7.39. The van der Waals surface area contributed by atoms with Gasteiger partial charge in [-0.2, -0.15) is 5.10 Å². The van der Waals surface area contributed by atoms with Crippen LogP contribution in [0.3, 0.4) is 0 Å².